The molecule has 3 amide bonds. The standard InChI is InChI=1S/C28H38N6O5/c1-17(2)16-32-25-21(18(3)30-34(25)27(39)23(26(32)38)24(37)29-20-6-7-20)8-9-22(36)33-13-5-10-28(33)11-14-31(15-12-28)19(4)35/h8-9,17,20,39H,5-7,10-16H2,1-4H3,(H,29,37)/b9-8+. The molecule has 2 N–H and O–H groups in total. The van der Waals surface area contributed by atoms with Crippen molar-refractivity contribution in [2.75, 3.05) is 19.6 Å². The summed E-state index contributed by atoms with van der Waals surface area (Å²) in [6.45, 7) is 9.53. The first kappa shape index (κ1) is 27.0. The van der Waals surface area contributed by atoms with Gasteiger partial charge < -0.3 is 20.2 Å². The third kappa shape index (κ3) is 4.94. The van der Waals surface area contributed by atoms with Gasteiger partial charge in [-0.25, -0.2) is 0 Å². The number of aromatic nitrogens is 3. The average Bonchev–Trinajstić information content (AvgIpc) is 3.50. The molecule has 1 saturated carbocycles. The zero-order valence-corrected chi connectivity index (χ0v) is 23.2. The van der Waals surface area contributed by atoms with E-state index in [1.165, 1.54) is 15.2 Å². The van der Waals surface area contributed by atoms with Crippen LogP contribution in [0, 0.1) is 12.8 Å². The molecule has 3 aliphatic rings. The summed E-state index contributed by atoms with van der Waals surface area (Å²) >= 11 is 0. The van der Waals surface area contributed by atoms with Crippen LogP contribution < -0.4 is 10.9 Å². The fourth-order valence-electron chi connectivity index (χ4n) is 6.07. The van der Waals surface area contributed by atoms with Gasteiger partial charge in [-0.2, -0.15) is 9.61 Å². The summed E-state index contributed by atoms with van der Waals surface area (Å²) in [6, 6.07) is 0.0259. The first-order valence-electron chi connectivity index (χ1n) is 13.9. The molecule has 2 aromatic heterocycles. The van der Waals surface area contributed by atoms with Crippen molar-refractivity contribution in [3.63, 3.8) is 0 Å². The Kier molecular flexibility index (Phi) is 7.02. The maximum Gasteiger partial charge on any atom is 0.270 e. The molecule has 11 nitrogen and oxygen atoms in total. The van der Waals surface area contributed by atoms with Crippen molar-refractivity contribution < 1.29 is 19.5 Å². The van der Waals surface area contributed by atoms with Gasteiger partial charge in [0.2, 0.25) is 17.7 Å². The number of hydrogen-bond donors (Lipinski definition) is 2. The van der Waals surface area contributed by atoms with Crippen LogP contribution in [0.15, 0.2) is 10.9 Å². The number of amides is 3. The Bertz CT molecular complexity index is 1410. The summed E-state index contributed by atoms with van der Waals surface area (Å²) in [6.07, 6.45) is 8.24. The van der Waals surface area contributed by atoms with Crippen molar-refractivity contribution >= 4 is 29.4 Å². The minimum absolute atomic E-state index is 0.0259. The molecule has 1 aliphatic carbocycles. The highest BCUT2D eigenvalue weighted by Crippen LogP contribution is 2.39. The molecule has 1 spiro atoms. The lowest BCUT2D eigenvalue weighted by atomic mass is 9.85. The number of carbonyl (C=O) groups is 3. The monoisotopic (exact) mass is 538 g/mol. The normalized spacial score (nSPS) is 19.1. The van der Waals surface area contributed by atoms with Gasteiger partial charge in [-0.05, 0) is 57.4 Å². The van der Waals surface area contributed by atoms with E-state index in [0.29, 0.717) is 43.1 Å². The Hall–Kier alpha value is -3.63. The van der Waals surface area contributed by atoms with Crippen molar-refractivity contribution in [2.45, 2.75) is 84.3 Å². The van der Waals surface area contributed by atoms with Gasteiger partial charge in [0.05, 0.1) is 5.69 Å². The highest BCUT2D eigenvalue weighted by molar-refractivity contribution is 5.97. The molecular formula is C28H38N6O5. The van der Waals surface area contributed by atoms with Gasteiger partial charge in [0.15, 0.2) is 5.56 Å². The second kappa shape index (κ2) is 10.2. The van der Waals surface area contributed by atoms with Gasteiger partial charge in [0, 0.05) is 56.3 Å². The third-order valence-corrected chi connectivity index (χ3v) is 8.30. The van der Waals surface area contributed by atoms with E-state index < -0.39 is 17.3 Å². The molecule has 0 bridgehead atoms. The first-order valence-corrected chi connectivity index (χ1v) is 13.9. The van der Waals surface area contributed by atoms with Crippen molar-refractivity contribution in [3.05, 3.63) is 33.3 Å². The van der Waals surface area contributed by atoms with E-state index in [9.17, 15) is 24.3 Å². The number of aromatic hydroxyl groups is 1. The number of rotatable bonds is 6. The maximum absolute atomic E-state index is 13.5. The van der Waals surface area contributed by atoms with Gasteiger partial charge in [-0.15, -0.1) is 0 Å². The van der Waals surface area contributed by atoms with E-state index in [0.717, 1.165) is 38.5 Å². The Morgan fingerprint density at radius 3 is 2.46 bits per heavy atom. The van der Waals surface area contributed by atoms with E-state index >= 15 is 0 Å². The largest absolute Gasteiger partial charge is 0.492 e. The molecule has 11 heteroatoms. The molecular weight excluding hydrogens is 500 g/mol. The van der Waals surface area contributed by atoms with Crippen molar-refractivity contribution in [2.24, 2.45) is 5.92 Å². The number of hydrogen-bond acceptors (Lipinski definition) is 6. The van der Waals surface area contributed by atoms with E-state index in [1.54, 1.807) is 19.9 Å². The predicted octanol–water partition coefficient (Wildman–Crippen LogP) is 2.07. The van der Waals surface area contributed by atoms with E-state index in [2.05, 4.69) is 10.4 Å². The zero-order chi connectivity index (χ0) is 28.1. The smallest absolute Gasteiger partial charge is 0.270 e. The molecule has 4 heterocycles. The Morgan fingerprint density at radius 2 is 1.85 bits per heavy atom. The summed E-state index contributed by atoms with van der Waals surface area (Å²) in [5.74, 6) is -1.08. The van der Waals surface area contributed by atoms with Crippen LogP contribution >= 0.6 is 0 Å². The average molecular weight is 539 g/mol. The van der Waals surface area contributed by atoms with Crippen molar-refractivity contribution in [1.82, 2.24) is 29.3 Å². The number of nitrogens with zero attached hydrogens (tertiary/aromatic N) is 5. The molecule has 3 fully saturated rings. The molecule has 2 aromatic rings. The molecule has 39 heavy (non-hydrogen) atoms. The summed E-state index contributed by atoms with van der Waals surface area (Å²) in [4.78, 5) is 55.5. The van der Waals surface area contributed by atoms with Crippen LogP contribution in [0.25, 0.3) is 11.7 Å². The third-order valence-electron chi connectivity index (χ3n) is 8.30. The van der Waals surface area contributed by atoms with Crippen LogP contribution in [-0.2, 0) is 16.1 Å². The van der Waals surface area contributed by atoms with Crippen LogP contribution in [0.3, 0.4) is 0 Å². The van der Waals surface area contributed by atoms with E-state index in [1.807, 2.05) is 23.6 Å². The summed E-state index contributed by atoms with van der Waals surface area (Å²) < 4.78 is 2.71. The Labute approximate surface area is 227 Å². The van der Waals surface area contributed by atoms with Crippen LogP contribution in [0.5, 0.6) is 5.88 Å². The molecule has 210 valence electrons. The number of likely N-dealkylation sites (tertiary alicyclic amines) is 2. The minimum Gasteiger partial charge on any atom is -0.492 e. The van der Waals surface area contributed by atoms with Crippen LogP contribution in [0.1, 0.15) is 80.9 Å². The number of carbonyl (C=O) groups excluding carboxylic acids is 3. The summed E-state index contributed by atoms with van der Waals surface area (Å²) in [5.41, 5.74) is 0.276. The lowest BCUT2D eigenvalue weighted by molar-refractivity contribution is -0.135. The Morgan fingerprint density at radius 1 is 1.15 bits per heavy atom. The molecule has 2 aliphatic heterocycles. The minimum atomic E-state index is -0.602. The topological polar surface area (TPSA) is 129 Å². The highest BCUT2D eigenvalue weighted by atomic mass is 16.3. The second-order valence-corrected chi connectivity index (χ2v) is 11.6. The number of nitrogens with one attached hydrogen (secondary N) is 1. The number of fused-ring (bicyclic) bond motifs is 1. The Balaban J connectivity index is 1.49. The van der Waals surface area contributed by atoms with Crippen LogP contribution in [0.4, 0.5) is 0 Å². The molecule has 0 unspecified atom stereocenters. The van der Waals surface area contributed by atoms with E-state index in [-0.39, 0.29) is 34.9 Å². The van der Waals surface area contributed by atoms with Gasteiger partial charge >= 0.3 is 0 Å². The van der Waals surface area contributed by atoms with Gasteiger partial charge in [0.25, 0.3) is 11.5 Å². The highest BCUT2D eigenvalue weighted by Gasteiger charge is 2.45. The fourth-order valence-corrected chi connectivity index (χ4v) is 6.07. The molecule has 0 atom stereocenters. The van der Waals surface area contributed by atoms with Crippen molar-refractivity contribution in [1.29, 1.82) is 0 Å². The number of piperidine rings is 1. The van der Waals surface area contributed by atoms with Crippen LogP contribution in [-0.4, -0.2) is 78.0 Å². The van der Waals surface area contributed by atoms with Gasteiger partial charge in [-0.3, -0.25) is 23.7 Å². The molecule has 0 aromatic carbocycles. The second-order valence-electron chi connectivity index (χ2n) is 11.6. The zero-order valence-electron chi connectivity index (χ0n) is 23.2. The molecule has 5 rings (SSSR count). The lowest BCUT2D eigenvalue weighted by Gasteiger charge is -2.44. The fraction of sp³-hybridized carbons (Fsp3) is 0.607. The van der Waals surface area contributed by atoms with Gasteiger partial charge in [0.1, 0.15) is 5.65 Å². The SMILES string of the molecule is CC(=O)N1CCC2(CCCN2C(=O)/C=C/c2c(C)nn3c(O)c(C(=O)NC4CC4)c(=O)n(CC(C)C)c23)CC1. The molecule has 0 radical (unpaired) electrons. The summed E-state index contributed by atoms with van der Waals surface area (Å²) in [7, 11) is 0. The van der Waals surface area contributed by atoms with E-state index in [4.69, 9.17) is 0 Å². The predicted molar refractivity (Wildman–Crippen MR) is 145 cm³/mol. The maximum atomic E-state index is 13.5. The lowest BCUT2D eigenvalue weighted by Crippen LogP contribution is -2.54. The first-order chi connectivity index (χ1) is 18.5. The number of aryl methyl sites for hydroxylation is 1. The quantitative estimate of drug-likeness (QED) is 0.542. The van der Waals surface area contributed by atoms with Gasteiger partial charge in [-0.1, -0.05) is 13.8 Å². The molecule has 2 saturated heterocycles. The van der Waals surface area contributed by atoms with Crippen LogP contribution in [0.2, 0.25) is 0 Å². The van der Waals surface area contributed by atoms with Crippen molar-refractivity contribution in [3.8, 4) is 5.88 Å². The summed E-state index contributed by atoms with van der Waals surface area (Å²) in [5, 5.41) is 18.3.